The molecule has 1 fully saturated rings. The van der Waals surface area contributed by atoms with Crippen LogP contribution in [0.3, 0.4) is 0 Å². The van der Waals surface area contributed by atoms with Gasteiger partial charge in [0.2, 0.25) is 0 Å². The Labute approximate surface area is 162 Å². The molecule has 1 saturated heterocycles. The first-order chi connectivity index (χ1) is 12.0. The molecule has 0 aromatic heterocycles. The Morgan fingerprint density at radius 3 is 2.15 bits per heavy atom. The first-order valence-corrected chi connectivity index (χ1v) is 11.9. The van der Waals surface area contributed by atoms with E-state index in [0.29, 0.717) is 4.90 Å². The third kappa shape index (κ3) is 4.88. The maximum Gasteiger partial charge on any atom is 0.418 e. The number of likely N-dealkylation sites (tertiary alicyclic amines) is 1. The van der Waals surface area contributed by atoms with Crippen molar-refractivity contribution in [3.63, 3.8) is 0 Å². The molecule has 8 nitrogen and oxygen atoms in total. The van der Waals surface area contributed by atoms with Crippen LogP contribution in [0.4, 0.5) is 4.79 Å². The van der Waals surface area contributed by atoms with E-state index in [4.69, 9.17) is 13.9 Å². The lowest BCUT2D eigenvalue weighted by Gasteiger charge is -2.41. The van der Waals surface area contributed by atoms with Crippen LogP contribution in [-0.2, 0) is 23.5 Å². The number of aliphatic hydroxyl groups excluding tert-OH is 1. The molecule has 2 amide bonds. The first kappa shape index (κ1) is 23.6. The fraction of sp³-hybridized carbons (Fsp3) is 0.833. The third-order valence-electron chi connectivity index (χ3n) is 5.08. The summed E-state index contributed by atoms with van der Waals surface area (Å²) in [5.74, 6) is -1.72. The molecular weight excluding hydrogens is 370 g/mol. The van der Waals surface area contributed by atoms with E-state index >= 15 is 0 Å². The Kier molecular flexibility index (Phi) is 6.57. The summed E-state index contributed by atoms with van der Waals surface area (Å²) in [6, 6.07) is 0. The molecule has 1 N–H and O–H groups in total. The second-order valence-corrected chi connectivity index (χ2v) is 14.3. The van der Waals surface area contributed by atoms with Crippen molar-refractivity contribution in [1.82, 2.24) is 4.90 Å². The number of ether oxygens (including phenoxy) is 2. The average molecular weight is 404 g/mol. The van der Waals surface area contributed by atoms with Gasteiger partial charge in [-0.15, -0.1) is 0 Å². The molecule has 0 spiro atoms. The summed E-state index contributed by atoms with van der Waals surface area (Å²) in [4.78, 5) is 38.6. The molecule has 0 aliphatic carbocycles. The summed E-state index contributed by atoms with van der Waals surface area (Å²) < 4.78 is 16.3. The van der Waals surface area contributed by atoms with Crippen LogP contribution in [0.1, 0.15) is 48.0 Å². The number of methoxy groups -OCH3 is 1. The minimum atomic E-state index is -2.31. The lowest BCUT2D eigenvalue weighted by molar-refractivity contribution is -0.159. The number of nitrogens with zero attached hydrogens (tertiary/aromatic N) is 1. The highest BCUT2D eigenvalue weighted by Gasteiger charge is 2.61. The zero-order valence-electron chi connectivity index (χ0n) is 17.8. The number of carbonyl (C=O) groups is 3. The average Bonchev–Trinajstić information content (AvgIpc) is 2.74. The SMILES string of the molecule is COC(=O)[C@@]1(CO[Si](C)(C)C(C)(C)C)C[C@H](O)C(=O)N1C(=O)OC(C)(C)C. The summed E-state index contributed by atoms with van der Waals surface area (Å²) in [6.07, 6.45) is -2.82. The third-order valence-corrected chi connectivity index (χ3v) is 9.56. The Balaban J connectivity index is 3.33. The summed E-state index contributed by atoms with van der Waals surface area (Å²) >= 11 is 0. The van der Waals surface area contributed by atoms with Crippen LogP contribution in [-0.4, -0.2) is 67.3 Å². The fourth-order valence-electron chi connectivity index (χ4n) is 2.49. The van der Waals surface area contributed by atoms with Gasteiger partial charge in [-0.3, -0.25) is 4.79 Å². The summed E-state index contributed by atoms with van der Waals surface area (Å²) in [7, 11) is -1.15. The van der Waals surface area contributed by atoms with Gasteiger partial charge in [-0.2, -0.15) is 0 Å². The molecular formula is C18H33NO7Si. The van der Waals surface area contributed by atoms with E-state index in [0.717, 1.165) is 0 Å². The molecule has 2 atom stereocenters. The number of amides is 2. The highest BCUT2D eigenvalue weighted by atomic mass is 28.4. The summed E-state index contributed by atoms with van der Waals surface area (Å²) in [5, 5.41) is 9.98. The molecule has 1 rings (SSSR count). The maximum atomic E-state index is 12.7. The number of imide groups is 1. The van der Waals surface area contributed by atoms with Gasteiger partial charge in [-0.1, -0.05) is 20.8 Å². The maximum absolute atomic E-state index is 12.7. The van der Waals surface area contributed by atoms with Crippen molar-refractivity contribution in [2.24, 2.45) is 0 Å². The minimum absolute atomic E-state index is 0.151. The summed E-state index contributed by atoms with van der Waals surface area (Å²) in [5.41, 5.74) is -2.64. The van der Waals surface area contributed by atoms with E-state index < -0.39 is 43.5 Å². The predicted molar refractivity (Wildman–Crippen MR) is 102 cm³/mol. The molecule has 1 aliphatic rings. The van der Waals surface area contributed by atoms with E-state index in [2.05, 4.69) is 0 Å². The number of hydrogen-bond donors (Lipinski definition) is 1. The van der Waals surface area contributed by atoms with Crippen molar-refractivity contribution >= 4 is 26.3 Å². The van der Waals surface area contributed by atoms with Crippen LogP contribution >= 0.6 is 0 Å². The Morgan fingerprint density at radius 1 is 1.22 bits per heavy atom. The van der Waals surface area contributed by atoms with Crippen LogP contribution in [0.15, 0.2) is 0 Å². The van der Waals surface area contributed by atoms with Crippen LogP contribution < -0.4 is 0 Å². The van der Waals surface area contributed by atoms with Gasteiger partial charge in [0.15, 0.2) is 13.9 Å². The van der Waals surface area contributed by atoms with Gasteiger partial charge in [0.25, 0.3) is 5.91 Å². The molecule has 1 heterocycles. The van der Waals surface area contributed by atoms with E-state index in [1.54, 1.807) is 20.8 Å². The normalized spacial score (nSPS) is 24.1. The van der Waals surface area contributed by atoms with Crippen molar-refractivity contribution in [3.05, 3.63) is 0 Å². The highest BCUT2D eigenvalue weighted by Crippen LogP contribution is 2.40. The van der Waals surface area contributed by atoms with Gasteiger partial charge < -0.3 is 19.0 Å². The summed E-state index contributed by atoms with van der Waals surface area (Å²) in [6.45, 7) is 14.8. The van der Waals surface area contributed by atoms with E-state index in [1.165, 1.54) is 7.11 Å². The van der Waals surface area contributed by atoms with Gasteiger partial charge in [-0.05, 0) is 38.9 Å². The lowest BCUT2D eigenvalue weighted by atomic mass is 9.97. The van der Waals surface area contributed by atoms with Gasteiger partial charge in [-0.25, -0.2) is 14.5 Å². The largest absolute Gasteiger partial charge is 0.467 e. The van der Waals surface area contributed by atoms with Crippen LogP contribution in [0.25, 0.3) is 0 Å². The predicted octanol–water partition coefficient (Wildman–Crippen LogP) is 2.45. The molecule has 27 heavy (non-hydrogen) atoms. The van der Waals surface area contributed by atoms with E-state index in [-0.39, 0.29) is 18.1 Å². The van der Waals surface area contributed by atoms with Crippen LogP contribution in [0.5, 0.6) is 0 Å². The van der Waals surface area contributed by atoms with Crippen molar-refractivity contribution in [2.45, 2.75) is 83.3 Å². The number of carbonyl (C=O) groups excluding carboxylic acids is 3. The number of esters is 1. The van der Waals surface area contributed by atoms with Gasteiger partial charge in [0, 0.05) is 6.42 Å². The second-order valence-electron chi connectivity index (χ2n) is 9.45. The monoisotopic (exact) mass is 403 g/mol. The van der Waals surface area contributed by atoms with Crippen LogP contribution in [0.2, 0.25) is 18.1 Å². The van der Waals surface area contributed by atoms with E-state index in [9.17, 15) is 19.5 Å². The zero-order valence-corrected chi connectivity index (χ0v) is 18.8. The second kappa shape index (κ2) is 7.52. The van der Waals surface area contributed by atoms with Gasteiger partial charge in [0.05, 0.1) is 13.7 Å². The number of rotatable bonds is 4. The molecule has 0 aromatic rings. The number of aliphatic hydroxyl groups is 1. The lowest BCUT2D eigenvalue weighted by Crippen LogP contribution is -2.60. The smallest absolute Gasteiger partial charge is 0.418 e. The molecule has 9 heteroatoms. The molecule has 0 bridgehead atoms. The standard InChI is InChI=1S/C18H33NO7Si/c1-16(2,3)26-15(23)19-13(21)12(20)10-18(19,14(22)24-7)11-25-27(8,9)17(4,5)6/h12,20H,10-11H2,1-9H3/t12-,18-/m0/s1. The Bertz CT molecular complexity index is 606. The molecule has 1 aliphatic heterocycles. The zero-order chi connectivity index (χ0) is 21.4. The number of hydrogen-bond acceptors (Lipinski definition) is 7. The molecule has 0 aromatic carbocycles. The highest BCUT2D eigenvalue weighted by molar-refractivity contribution is 6.74. The topological polar surface area (TPSA) is 102 Å². The van der Waals surface area contributed by atoms with Gasteiger partial charge in [0.1, 0.15) is 11.7 Å². The quantitative estimate of drug-likeness (QED) is 0.568. The van der Waals surface area contributed by atoms with Crippen molar-refractivity contribution in [1.29, 1.82) is 0 Å². The molecule has 0 radical (unpaired) electrons. The van der Waals surface area contributed by atoms with Crippen molar-refractivity contribution in [2.75, 3.05) is 13.7 Å². The molecule has 0 unspecified atom stereocenters. The van der Waals surface area contributed by atoms with Crippen molar-refractivity contribution < 1.29 is 33.4 Å². The Morgan fingerprint density at radius 2 is 1.74 bits per heavy atom. The minimum Gasteiger partial charge on any atom is -0.467 e. The van der Waals surface area contributed by atoms with Crippen LogP contribution in [0, 0.1) is 0 Å². The first-order valence-electron chi connectivity index (χ1n) is 8.96. The fourth-order valence-corrected chi connectivity index (χ4v) is 3.53. The molecule has 156 valence electrons. The van der Waals surface area contributed by atoms with Gasteiger partial charge >= 0.3 is 12.1 Å². The Hall–Kier alpha value is -1.45. The molecule has 0 saturated carbocycles. The van der Waals surface area contributed by atoms with E-state index in [1.807, 2.05) is 33.9 Å². The van der Waals surface area contributed by atoms with Crippen molar-refractivity contribution in [3.8, 4) is 0 Å².